The fourth-order valence-electron chi connectivity index (χ4n) is 1.69. The quantitative estimate of drug-likeness (QED) is 0.635. The predicted octanol–water partition coefficient (Wildman–Crippen LogP) is 3.66. The molecule has 0 N–H and O–H groups in total. The molecule has 6 heteroatoms. The highest BCUT2D eigenvalue weighted by Gasteiger charge is 2.30. The van der Waals surface area contributed by atoms with E-state index < -0.39 is 23.3 Å². The molecule has 1 aromatic carbocycles. The van der Waals surface area contributed by atoms with Crippen LogP contribution in [0, 0.1) is 5.82 Å². The first-order chi connectivity index (χ1) is 9.38. The van der Waals surface area contributed by atoms with Gasteiger partial charge in [0.15, 0.2) is 11.6 Å². The fourth-order valence-corrected chi connectivity index (χ4v) is 1.69. The Labute approximate surface area is 112 Å². The first kappa shape index (κ1) is 14.2. The smallest absolute Gasteiger partial charge is 0.294 e. The maximum atomic E-state index is 13.3. The summed E-state index contributed by atoms with van der Waals surface area (Å²) in [6, 6.07) is 5.44. The van der Waals surface area contributed by atoms with Crippen LogP contribution >= 0.6 is 0 Å². The minimum Gasteiger partial charge on any atom is -0.294 e. The Balaban J connectivity index is 2.15. The lowest BCUT2D eigenvalue weighted by Gasteiger charge is -2.07. The number of rotatable bonds is 3. The van der Waals surface area contributed by atoms with Crippen molar-refractivity contribution in [3.8, 4) is 0 Å². The minimum atomic E-state index is -4.42. The molecule has 2 nitrogen and oxygen atoms in total. The van der Waals surface area contributed by atoms with Crippen LogP contribution in [0.1, 0.15) is 21.5 Å². The molecule has 2 aromatic rings. The van der Waals surface area contributed by atoms with Crippen LogP contribution in [0.25, 0.3) is 0 Å². The normalized spacial score (nSPS) is 11.4. The number of ketones is 1. The summed E-state index contributed by atoms with van der Waals surface area (Å²) in [5.74, 6) is -1.26. The molecule has 0 atom stereocenters. The molecule has 0 spiro atoms. The molecule has 0 saturated heterocycles. The Bertz CT molecular complexity index is 620. The Kier molecular flexibility index (Phi) is 3.83. The van der Waals surface area contributed by atoms with E-state index in [1.54, 1.807) is 0 Å². The lowest BCUT2D eigenvalue weighted by atomic mass is 10.0. The largest absolute Gasteiger partial charge is 0.416 e. The molecule has 0 saturated carbocycles. The Morgan fingerprint density at radius 1 is 1.10 bits per heavy atom. The van der Waals surface area contributed by atoms with E-state index in [1.807, 2.05) is 0 Å². The molecule has 0 aliphatic rings. The highest BCUT2D eigenvalue weighted by atomic mass is 19.4. The van der Waals surface area contributed by atoms with Crippen molar-refractivity contribution in [2.45, 2.75) is 12.6 Å². The SMILES string of the molecule is O=C(Cc1ccc(C(F)(F)F)cc1)c1ccncc1F. The van der Waals surface area contributed by atoms with Gasteiger partial charge in [0, 0.05) is 12.6 Å². The van der Waals surface area contributed by atoms with Crippen molar-refractivity contribution in [2.24, 2.45) is 0 Å². The number of alkyl halides is 3. The third-order valence-corrected chi connectivity index (χ3v) is 2.72. The third kappa shape index (κ3) is 3.20. The van der Waals surface area contributed by atoms with Gasteiger partial charge in [-0.1, -0.05) is 12.1 Å². The fraction of sp³-hybridized carbons (Fsp3) is 0.143. The van der Waals surface area contributed by atoms with Crippen molar-refractivity contribution < 1.29 is 22.4 Å². The first-order valence-electron chi connectivity index (χ1n) is 5.67. The second-order valence-electron chi connectivity index (χ2n) is 4.15. The van der Waals surface area contributed by atoms with Gasteiger partial charge in [-0.25, -0.2) is 4.39 Å². The number of pyridine rings is 1. The van der Waals surface area contributed by atoms with Crippen molar-refractivity contribution in [1.82, 2.24) is 4.98 Å². The topological polar surface area (TPSA) is 30.0 Å². The number of aromatic nitrogens is 1. The standard InChI is InChI=1S/C14H9F4NO/c15-12-8-19-6-5-11(12)13(20)7-9-1-3-10(4-2-9)14(16,17)18/h1-6,8H,7H2. The molecule has 1 heterocycles. The van der Waals surface area contributed by atoms with Gasteiger partial charge in [-0.15, -0.1) is 0 Å². The second-order valence-corrected chi connectivity index (χ2v) is 4.15. The van der Waals surface area contributed by atoms with E-state index in [0.29, 0.717) is 5.56 Å². The molecule has 20 heavy (non-hydrogen) atoms. The summed E-state index contributed by atoms with van der Waals surface area (Å²) in [4.78, 5) is 15.3. The van der Waals surface area contributed by atoms with Crippen molar-refractivity contribution in [2.75, 3.05) is 0 Å². The molecule has 0 amide bonds. The summed E-state index contributed by atoms with van der Waals surface area (Å²) in [6.07, 6.45) is -2.39. The van der Waals surface area contributed by atoms with Crippen molar-refractivity contribution in [1.29, 1.82) is 0 Å². The van der Waals surface area contributed by atoms with Crippen LogP contribution < -0.4 is 0 Å². The number of Topliss-reactive ketones (excluding diaryl/α,β-unsaturated/α-hetero) is 1. The van der Waals surface area contributed by atoms with Crippen LogP contribution in [0.3, 0.4) is 0 Å². The number of hydrogen-bond acceptors (Lipinski definition) is 2. The summed E-state index contributed by atoms with van der Waals surface area (Å²) >= 11 is 0. The average molecular weight is 283 g/mol. The molecule has 0 aliphatic heterocycles. The summed E-state index contributed by atoms with van der Waals surface area (Å²) in [6.45, 7) is 0. The maximum Gasteiger partial charge on any atom is 0.416 e. The van der Waals surface area contributed by atoms with Gasteiger partial charge in [-0.2, -0.15) is 13.2 Å². The van der Waals surface area contributed by atoms with Gasteiger partial charge >= 0.3 is 6.18 Å². The van der Waals surface area contributed by atoms with E-state index in [0.717, 1.165) is 18.3 Å². The number of benzene rings is 1. The predicted molar refractivity (Wildman–Crippen MR) is 63.7 cm³/mol. The van der Waals surface area contributed by atoms with E-state index >= 15 is 0 Å². The molecule has 104 valence electrons. The monoisotopic (exact) mass is 283 g/mol. The van der Waals surface area contributed by atoms with Crippen LogP contribution in [-0.4, -0.2) is 10.8 Å². The molecular formula is C14H9F4NO. The zero-order valence-electron chi connectivity index (χ0n) is 10.1. The number of hydrogen-bond donors (Lipinski definition) is 0. The van der Waals surface area contributed by atoms with Gasteiger partial charge in [-0.05, 0) is 23.8 Å². The molecule has 0 unspecified atom stereocenters. The Hall–Kier alpha value is -2.24. The summed E-state index contributed by atoms with van der Waals surface area (Å²) < 4.78 is 50.5. The molecule has 1 aromatic heterocycles. The molecule has 0 radical (unpaired) electrons. The first-order valence-corrected chi connectivity index (χ1v) is 5.67. The Morgan fingerprint density at radius 3 is 2.30 bits per heavy atom. The maximum absolute atomic E-state index is 13.3. The van der Waals surface area contributed by atoms with E-state index in [4.69, 9.17) is 0 Å². The lowest BCUT2D eigenvalue weighted by Crippen LogP contribution is -2.08. The molecule has 2 rings (SSSR count). The molecule has 0 aliphatic carbocycles. The average Bonchev–Trinajstić information content (AvgIpc) is 2.38. The summed E-state index contributed by atoms with van der Waals surface area (Å²) in [7, 11) is 0. The van der Waals surface area contributed by atoms with Crippen LogP contribution in [0.4, 0.5) is 17.6 Å². The highest BCUT2D eigenvalue weighted by Crippen LogP contribution is 2.29. The number of nitrogens with zero attached hydrogens (tertiary/aromatic N) is 1. The minimum absolute atomic E-state index is 0.125. The molecular weight excluding hydrogens is 274 g/mol. The zero-order chi connectivity index (χ0) is 14.8. The summed E-state index contributed by atoms with van der Waals surface area (Å²) in [5.41, 5.74) is -0.525. The van der Waals surface area contributed by atoms with E-state index in [9.17, 15) is 22.4 Å². The van der Waals surface area contributed by atoms with Crippen LogP contribution in [-0.2, 0) is 12.6 Å². The van der Waals surface area contributed by atoms with Gasteiger partial charge in [0.25, 0.3) is 0 Å². The van der Waals surface area contributed by atoms with E-state index in [2.05, 4.69) is 4.98 Å². The van der Waals surface area contributed by atoms with Gasteiger partial charge < -0.3 is 0 Å². The van der Waals surface area contributed by atoms with Crippen molar-refractivity contribution in [3.63, 3.8) is 0 Å². The zero-order valence-corrected chi connectivity index (χ0v) is 10.1. The number of carbonyl (C=O) groups excluding carboxylic acids is 1. The van der Waals surface area contributed by atoms with Crippen molar-refractivity contribution in [3.05, 3.63) is 65.2 Å². The lowest BCUT2D eigenvalue weighted by molar-refractivity contribution is -0.137. The van der Waals surface area contributed by atoms with Crippen molar-refractivity contribution >= 4 is 5.78 Å². The van der Waals surface area contributed by atoms with E-state index in [-0.39, 0.29) is 12.0 Å². The van der Waals surface area contributed by atoms with E-state index in [1.165, 1.54) is 24.4 Å². The molecule has 0 fully saturated rings. The Morgan fingerprint density at radius 2 is 1.75 bits per heavy atom. The number of halogens is 4. The van der Waals surface area contributed by atoms with Gasteiger partial charge in [0.05, 0.1) is 17.3 Å². The van der Waals surface area contributed by atoms with Gasteiger partial charge in [0.2, 0.25) is 0 Å². The molecule has 0 bridgehead atoms. The van der Waals surface area contributed by atoms with Crippen LogP contribution in [0.5, 0.6) is 0 Å². The highest BCUT2D eigenvalue weighted by molar-refractivity contribution is 5.97. The van der Waals surface area contributed by atoms with Gasteiger partial charge in [0.1, 0.15) is 0 Å². The third-order valence-electron chi connectivity index (χ3n) is 2.72. The van der Waals surface area contributed by atoms with Crippen LogP contribution in [0.15, 0.2) is 42.7 Å². The van der Waals surface area contributed by atoms with Gasteiger partial charge in [-0.3, -0.25) is 9.78 Å². The second kappa shape index (κ2) is 5.40. The van der Waals surface area contributed by atoms with Crippen LogP contribution in [0.2, 0.25) is 0 Å². The summed E-state index contributed by atoms with van der Waals surface area (Å²) in [5, 5.41) is 0. The number of carbonyl (C=O) groups is 1.